The van der Waals surface area contributed by atoms with Gasteiger partial charge in [-0.2, -0.15) is 0 Å². The lowest BCUT2D eigenvalue weighted by Crippen LogP contribution is -2.34. The number of ether oxygens (including phenoxy) is 1. The van der Waals surface area contributed by atoms with Crippen molar-refractivity contribution >= 4 is 5.69 Å². The predicted octanol–water partition coefficient (Wildman–Crippen LogP) is 3.56. The highest BCUT2D eigenvalue weighted by Gasteiger charge is 2.19. The minimum Gasteiger partial charge on any atom is -0.490 e. The maximum atomic E-state index is 11.1. The van der Waals surface area contributed by atoms with Crippen LogP contribution in [0.1, 0.15) is 39.2 Å². The van der Waals surface area contributed by atoms with Gasteiger partial charge >= 0.3 is 5.69 Å². The Balaban J connectivity index is 2.85. The number of nitro benzene ring substituents is 1. The Bertz CT molecular complexity index is 463. The normalized spacial score (nSPS) is 13.7. The van der Waals surface area contributed by atoms with Crippen LogP contribution in [0.5, 0.6) is 5.75 Å². The zero-order chi connectivity index (χ0) is 15.8. The molecular weight excluding hydrogens is 268 g/mol. The number of nitrogens with zero attached hydrogens (tertiary/aromatic N) is 1. The van der Waals surface area contributed by atoms with Crippen LogP contribution in [0.15, 0.2) is 18.2 Å². The van der Waals surface area contributed by atoms with Gasteiger partial charge in [-0.1, -0.05) is 26.3 Å². The van der Waals surface area contributed by atoms with Gasteiger partial charge in [0.05, 0.1) is 12.0 Å². The molecule has 0 radical (unpaired) electrons. The molecule has 1 rings (SSSR count). The van der Waals surface area contributed by atoms with Crippen molar-refractivity contribution in [3.8, 4) is 5.75 Å². The standard InChI is InChI=1S/C16H26N2O3/c1-5-9-17-12(3)14(6-2)10-13-7-8-16(21-4)15(11-13)18(19)20/h7-8,11-12,14,17H,5-6,9-10H2,1-4H3. The van der Waals surface area contributed by atoms with E-state index in [1.54, 1.807) is 12.1 Å². The van der Waals surface area contributed by atoms with Crippen LogP contribution in [-0.2, 0) is 6.42 Å². The quantitative estimate of drug-likeness (QED) is 0.558. The summed E-state index contributed by atoms with van der Waals surface area (Å²) in [5, 5.41) is 14.6. The summed E-state index contributed by atoms with van der Waals surface area (Å²) in [7, 11) is 1.45. The van der Waals surface area contributed by atoms with E-state index in [4.69, 9.17) is 4.74 Å². The van der Waals surface area contributed by atoms with E-state index in [2.05, 4.69) is 26.1 Å². The first-order valence-corrected chi connectivity index (χ1v) is 7.58. The average molecular weight is 294 g/mol. The molecule has 5 nitrogen and oxygen atoms in total. The fourth-order valence-corrected chi connectivity index (χ4v) is 2.52. The Labute approximate surface area is 126 Å². The highest BCUT2D eigenvalue weighted by atomic mass is 16.6. The third-order valence-electron chi connectivity index (χ3n) is 3.89. The second-order valence-electron chi connectivity index (χ2n) is 5.38. The second-order valence-corrected chi connectivity index (χ2v) is 5.38. The molecule has 0 saturated carbocycles. The lowest BCUT2D eigenvalue weighted by molar-refractivity contribution is -0.385. The van der Waals surface area contributed by atoms with Crippen LogP contribution in [0, 0.1) is 16.0 Å². The van der Waals surface area contributed by atoms with E-state index in [9.17, 15) is 10.1 Å². The third kappa shape index (κ3) is 5.01. The smallest absolute Gasteiger partial charge is 0.311 e. The highest BCUT2D eigenvalue weighted by Crippen LogP contribution is 2.29. The Morgan fingerprint density at radius 1 is 1.38 bits per heavy atom. The first kappa shape index (κ1) is 17.4. The van der Waals surface area contributed by atoms with Gasteiger partial charge in [-0.3, -0.25) is 10.1 Å². The van der Waals surface area contributed by atoms with E-state index in [1.165, 1.54) is 7.11 Å². The van der Waals surface area contributed by atoms with Crippen LogP contribution < -0.4 is 10.1 Å². The summed E-state index contributed by atoms with van der Waals surface area (Å²) in [5.41, 5.74) is 1.03. The summed E-state index contributed by atoms with van der Waals surface area (Å²) in [6.45, 7) is 7.49. The molecule has 0 bridgehead atoms. The molecule has 0 aliphatic heterocycles. The summed E-state index contributed by atoms with van der Waals surface area (Å²) in [5.74, 6) is 0.776. The average Bonchev–Trinajstić information content (AvgIpc) is 2.49. The van der Waals surface area contributed by atoms with E-state index in [0.717, 1.165) is 31.4 Å². The molecule has 118 valence electrons. The van der Waals surface area contributed by atoms with Gasteiger partial charge in [0.15, 0.2) is 5.75 Å². The monoisotopic (exact) mass is 294 g/mol. The Kier molecular flexibility index (Phi) is 7.15. The Morgan fingerprint density at radius 3 is 2.62 bits per heavy atom. The Morgan fingerprint density at radius 2 is 2.10 bits per heavy atom. The van der Waals surface area contributed by atoms with Crippen LogP contribution >= 0.6 is 0 Å². The lowest BCUT2D eigenvalue weighted by Gasteiger charge is -2.24. The highest BCUT2D eigenvalue weighted by molar-refractivity contribution is 5.48. The zero-order valence-electron chi connectivity index (χ0n) is 13.4. The first-order chi connectivity index (χ1) is 10.0. The third-order valence-corrected chi connectivity index (χ3v) is 3.89. The molecule has 0 saturated heterocycles. The molecule has 2 unspecified atom stereocenters. The fourth-order valence-electron chi connectivity index (χ4n) is 2.52. The number of nitrogens with one attached hydrogen (secondary N) is 1. The van der Waals surface area contributed by atoms with Crippen molar-refractivity contribution in [2.45, 2.75) is 46.1 Å². The molecule has 21 heavy (non-hydrogen) atoms. The van der Waals surface area contributed by atoms with Crippen molar-refractivity contribution in [2.75, 3.05) is 13.7 Å². The van der Waals surface area contributed by atoms with Gasteiger partial charge in [0.2, 0.25) is 0 Å². The molecule has 0 aliphatic rings. The molecule has 1 aromatic carbocycles. The van der Waals surface area contributed by atoms with Crippen molar-refractivity contribution in [1.29, 1.82) is 0 Å². The number of methoxy groups -OCH3 is 1. The van der Waals surface area contributed by atoms with Gasteiger partial charge in [0.1, 0.15) is 0 Å². The van der Waals surface area contributed by atoms with Crippen molar-refractivity contribution in [1.82, 2.24) is 5.32 Å². The molecule has 0 amide bonds. The van der Waals surface area contributed by atoms with E-state index in [-0.39, 0.29) is 10.6 Å². The molecular formula is C16H26N2O3. The van der Waals surface area contributed by atoms with E-state index < -0.39 is 0 Å². The number of hydrogen-bond acceptors (Lipinski definition) is 4. The molecule has 0 heterocycles. The van der Waals surface area contributed by atoms with Gasteiger partial charge < -0.3 is 10.1 Å². The van der Waals surface area contributed by atoms with Crippen LogP contribution in [0.4, 0.5) is 5.69 Å². The van der Waals surface area contributed by atoms with E-state index in [1.807, 2.05) is 6.07 Å². The summed E-state index contributed by atoms with van der Waals surface area (Å²) in [6.07, 6.45) is 2.98. The number of rotatable bonds is 9. The summed E-state index contributed by atoms with van der Waals surface area (Å²) >= 11 is 0. The van der Waals surface area contributed by atoms with Crippen molar-refractivity contribution in [3.63, 3.8) is 0 Å². The molecule has 1 N–H and O–H groups in total. The summed E-state index contributed by atoms with van der Waals surface area (Å²) < 4.78 is 5.04. The SMILES string of the molecule is CCCNC(C)C(CC)Cc1ccc(OC)c([N+](=O)[O-])c1. The molecule has 1 aromatic rings. The number of hydrogen-bond donors (Lipinski definition) is 1. The maximum Gasteiger partial charge on any atom is 0.311 e. The number of benzene rings is 1. The van der Waals surface area contributed by atoms with Gasteiger partial charge in [-0.05, 0) is 43.9 Å². The topological polar surface area (TPSA) is 64.4 Å². The number of nitro groups is 1. The van der Waals surface area contributed by atoms with Crippen LogP contribution in [0.3, 0.4) is 0 Å². The molecule has 0 aliphatic carbocycles. The van der Waals surface area contributed by atoms with Gasteiger partial charge in [0.25, 0.3) is 0 Å². The van der Waals surface area contributed by atoms with Crippen LogP contribution in [0.2, 0.25) is 0 Å². The molecule has 2 atom stereocenters. The minimum atomic E-state index is -0.387. The van der Waals surface area contributed by atoms with Crippen LogP contribution in [-0.4, -0.2) is 24.6 Å². The summed E-state index contributed by atoms with van der Waals surface area (Å²) in [4.78, 5) is 10.7. The van der Waals surface area contributed by atoms with E-state index >= 15 is 0 Å². The van der Waals surface area contributed by atoms with Gasteiger partial charge in [-0.25, -0.2) is 0 Å². The van der Waals surface area contributed by atoms with Gasteiger partial charge in [0, 0.05) is 12.1 Å². The molecule has 5 heteroatoms. The fraction of sp³-hybridized carbons (Fsp3) is 0.625. The van der Waals surface area contributed by atoms with E-state index in [0.29, 0.717) is 17.7 Å². The van der Waals surface area contributed by atoms with Crippen LogP contribution in [0.25, 0.3) is 0 Å². The van der Waals surface area contributed by atoms with Crippen molar-refractivity contribution in [2.24, 2.45) is 5.92 Å². The minimum absolute atomic E-state index is 0.0408. The lowest BCUT2D eigenvalue weighted by atomic mass is 9.90. The Hall–Kier alpha value is -1.62. The molecule has 0 fully saturated rings. The maximum absolute atomic E-state index is 11.1. The summed E-state index contributed by atoms with van der Waals surface area (Å²) in [6, 6.07) is 5.63. The zero-order valence-corrected chi connectivity index (χ0v) is 13.4. The molecule has 0 aromatic heterocycles. The van der Waals surface area contributed by atoms with Crippen molar-refractivity contribution < 1.29 is 9.66 Å². The van der Waals surface area contributed by atoms with Crippen molar-refractivity contribution in [3.05, 3.63) is 33.9 Å². The largest absolute Gasteiger partial charge is 0.490 e. The first-order valence-electron chi connectivity index (χ1n) is 7.58. The predicted molar refractivity (Wildman–Crippen MR) is 84.9 cm³/mol. The second kappa shape index (κ2) is 8.62. The molecule has 0 spiro atoms. The van der Waals surface area contributed by atoms with Gasteiger partial charge in [-0.15, -0.1) is 0 Å².